The molecule has 0 bridgehead atoms. The lowest BCUT2D eigenvalue weighted by molar-refractivity contribution is -0.385. The molecular formula is C17H15N3O6. The molecule has 9 heteroatoms. The van der Waals surface area contributed by atoms with Gasteiger partial charge in [0.25, 0.3) is 5.89 Å². The zero-order valence-electron chi connectivity index (χ0n) is 13.5. The van der Waals surface area contributed by atoms with Crippen LogP contribution in [0.2, 0.25) is 0 Å². The third-order valence-corrected chi connectivity index (χ3v) is 3.76. The van der Waals surface area contributed by atoms with E-state index in [1.165, 1.54) is 0 Å². The molecule has 0 saturated heterocycles. The number of phenols is 3. The summed E-state index contributed by atoms with van der Waals surface area (Å²) in [5.74, 6) is -0.827. The van der Waals surface area contributed by atoms with Crippen LogP contribution in [0.25, 0.3) is 11.5 Å². The van der Waals surface area contributed by atoms with E-state index in [1.807, 2.05) is 6.07 Å². The van der Waals surface area contributed by atoms with Gasteiger partial charge >= 0.3 is 5.69 Å². The zero-order valence-corrected chi connectivity index (χ0v) is 13.5. The number of hydrogen-bond acceptors (Lipinski definition) is 8. The van der Waals surface area contributed by atoms with Gasteiger partial charge < -0.3 is 19.8 Å². The van der Waals surface area contributed by atoms with Crippen LogP contribution in [0, 0.1) is 10.1 Å². The van der Waals surface area contributed by atoms with Gasteiger partial charge in [-0.2, -0.15) is 4.98 Å². The Morgan fingerprint density at radius 1 is 1.12 bits per heavy atom. The lowest BCUT2D eigenvalue weighted by Gasteiger charge is -2.01. The van der Waals surface area contributed by atoms with Gasteiger partial charge in [-0.05, 0) is 36.6 Å². The average molecular weight is 357 g/mol. The summed E-state index contributed by atoms with van der Waals surface area (Å²) in [6, 6.07) is 9.12. The summed E-state index contributed by atoms with van der Waals surface area (Å²) in [4.78, 5) is 14.3. The molecule has 3 aromatic rings. The van der Waals surface area contributed by atoms with Gasteiger partial charge in [0.2, 0.25) is 5.75 Å². The first-order valence-electron chi connectivity index (χ1n) is 7.75. The van der Waals surface area contributed by atoms with E-state index in [0.717, 1.165) is 17.7 Å². The number of hydrogen-bond donors (Lipinski definition) is 3. The van der Waals surface area contributed by atoms with Crippen molar-refractivity contribution in [2.45, 2.75) is 19.3 Å². The minimum absolute atomic E-state index is 0.00996. The average Bonchev–Trinajstić information content (AvgIpc) is 3.06. The van der Waals surface area contributed by atoms with E-state index in [1.54, 1.807) is 18.2 Å². The summed E-state index contributed by atoms with van der Waals surface area (Å²) in [6.07, 6.45) is 1.93. The summed E-state index contributed by atoms with van der Waals surface area (Å²) < 4.78 is 5.09. The monoisotopic (exact) mass is 357 g/mol. The van der Waals surface area contributed by atoms with E-state index in [2.05, 4.69) is 10.1 Å². The van der Waals surface area contributed by atoms with Crippen LogP contribution in [0.1, 0.15) is 17.8 Å². The number of phenolic OH excluding ortho intramolecular Hbond substituents is 3. The van der Waals surface area contributed by atoms with Gasteiger partial charge in [0.05, 0.1) is 10.5 Å². The van der Waals surface area contributed by atoms with Gasteiger partial charge in [-0.1, -0.05) is 17.3 Å². The SMILES string of the molecule is O=[N+]([O-])c1cc(-c2nc(CCCc3cccc(O)c3)no2)cc(O)c1O. The summed E-state index contributed by atoms with van der Waals surface area (Å²) in [5, 5.41) is 43.3. The van der Waals surface area contributed by atoms with Crippen LogP contribution in [-0.2, 0) is 12.8 Å². The second kappa shape index (κ2) is 7.09. The van der Waals surface area contributed by atoms with Gasteiger partial charge in [-0.25, -0.2) is 0 Å². The van der Waals surface area contributed by atoms with Crippen molar-refractivity contribution in [1.82, 2.24) is 10.1 Å². The molecule has 0 atom stereocenters. The molecule has 0 unspecified atom stereocenters. The molecule has 134 valence electrons. The molecule has 2 aromatic carbocycles. The summed E-state index contributed by atoms with van der Waals surface area (Å²) in [5.41, 5.74) is 0.468. The molecule has 1 aromatic heterocycles. The maximum absolute atomic E-state index is 10.9. The minimum atomic E-state index is -0.815. The van der Waals surface area contributed by atoms with Crippen LogP contribution in [0.3, 0.4) is 0 Å². The molecule has 0 saturated carbocycles. The topological polar surface area (TPSA) is 143 Å². The summed E-state index contributed by atoms with van der Waals surface area (Å²) in [6.45, 7) is 0. The second-order valence-electron chi connectivity index (χ2n) is 5.66. The molecule has 0 spiro atoms. The number of aryl methyl sites for hydroxylation is 2. The Balaban J connectivity index is 1.71. The van der Waals surface area contributed by atoms with Crippen LogP contribution in [0.4, 0.5) is 5.69 Å². The first-order chi connectivity index (χ1) is 12.4. The lowest BCUT2D eigenvalue weighted by Crippen LogP contribution is -1.93. The van der Waals surface area contributed by atoms with E-state index in [0.29, 0.717) is 25.1 Å². The van der Waals surface area contributed by atoms with Crippen molar-refractivity contribution in [3.8, 4) is 28.7 Å². The fraction of sp³-hybridized carbons (Fsp3) is 0.176. The Hall–Kier alpha value is -3.62. The predicted octanol–water partition coefficient (Wildman–Crippen LogP) is 2.94. The highest BCUT2D eigenvalue weighted by Crippen LogP contribution is 2.38. The third-order valence-electron chi connectivity index (χ3n) is 3.76. The first-order valence-corrected chi connectivity index (χ1v) is 7.75. The summed E-state index contributed by atoms with van der Waals surface area (Å²) in [7, 11) is 0. The first kappa shape index (κ1) is 17.2. The van der Waals surface area contributed by atoms with Crippen molar-refractivity contribution in [1.29, 1.82) is 0 Å². The van der Waals surface area contributed by atoms with E-state index in [-0.39, 0.29) is 17.2 Å². The molecule has 0 fully saturated rings. The smallest absolute Gasteiger partial charge is 0.315 e. The molecule has 0 aliphatic rings. The van der Waals surface area contributed by atoms with Crippen molar-refractivity contribution in [2.24, 2.45) is 0 Å². The maximum atomic E-state index is 10.9. The van der Waals surface area contributed by atoms with Gasteiger partial charge in [0.15, 0.2) is 11.6 Å². The molecular weight excluding hydrogens is 342 g/mol. The lowest BCUT2D eigenvalue weighted by atomic mass is 10.1. The second-order valence-corrected chi connectivity index (χ2v) is 5.66. The third kappa shape index (κ3) is 3.72. The Labute approximate surface area is 147 Å². The molecule has 9 nitrogen and oxygen atoms in total. The van der Waals surface area contributed by atoms with Crippen molar-refractivity contribution in [3.63, 3.8) is 0 Å². The molecule has 0 radical (unpaired) electrons. The molecule has 0 aliphatic carbocycles. The summed E-state index contributed by atoms with van der Waals surface area (Å²) >= 11 is 0. The van der Waals surface area contributed by atoms with E-state index in [4.69, 9.17) is 4.52 Å². The van der Waals surface area contributed by atoms with E-state index >= 15 is 0 Å². The Morgan fingerprint density at radius 2 is 1.92 bits per heavy atom. The highest BCUT2D eigenvalue weighted by Gasteiger charge is 2.21. The molecule has 3 rings (SSSR count). The normalized spacial score (nSPS) is 10.8. The largest absolute Gasteiger partial charge is 0.508 e. The number of aromatic nitrogens is 2. The fourth-order valence-corrected chi connectivity index (χ4v) is 2.50. The zero-order chi connectivity index (χ0) is 18.7. The van der Waals surface area contributed by atoms with Crippen molar-refractivity contribution in [2.75, 3.05) is 0 Å². The highest BCUT2D eigenvalue weighted by atomic mass is 16.6. The number of nitrogens with zero attached hydrogens (tertiary/aromatic N) is 3. The number of rotatable bonds is 6. The number of nitro benzene ring substituents is 1. The van der Waals surface area contributed by atoms with Gasteiger partial charge in [0, 0.05) is 12.5 Å². The maximum Gasteiger partial charge on any atom is 0.315 e. The molecule has 1 heterocycles. The van der Waals surface area contributed by atoms with Crippen molar-refractivity contribution >= 4 is 5.69 Å². The Bertz CT molecular complexity index is 953. The molecule has 0 aliphatic heterocycles. The minimum Gasteiger partial charge on any atom is -0.508 e. The van der Waals surface area contributed by atoms with Gasteiger partial charge in [-0.15, -0.1) is 0 Å². The van der Waals surface area contributed by atoms with Crippen molar-refractivity contribution < 1.29 is 24.8 Å². The van der Waals surface area contributed by atoms with Crippen LogP contribution in [0.15, 0.2) is 40.9 Å². The Kier molecular flexibility index (Phi) is 4.70. The fourth-order valence-electron chi connectivity index (χ4n) is 2.50. The quantitative estimate of drug-likeness (QED) is 0.347. The van der Waals surface area contributed by atoms with Crippen LogP contribution in [-0.4, -0.2) is 30.4 Å². The van der Waals surface area contributed by atoms with Gasteiger partial charge in [0.1, 0.15) is 5.75 Å². The predicted molar refractivity (Wildman–Crippen MR) is 89.8 cm³/mol. The van der Waals surface area contributed by atoms with Crippen LogP contribution in [0.5, 0.6) is 17.2 Å². The van der Waals surface area contributed by atoms with E-state index in [9.17, 15) is 25.4 Å². The molecule has 3 N–H and O–H groups in total. The number of nitro groups is 1. The molecule has 0 amide bonds. The van der Waals surface area contributed by atoms with Crippen LogP contribution < -0.4 is 0 Å². The van der Waals surface area contributed by atoms with Crippen molar-refractivity contribution in [3.05, 3.63) is 57.9 Å². The number of aromatic hydroxyl groups is 3. The van der Waals surface area contributed by atoms with E-state index < -0.39 is 22.1 Å². The highest BCUT2D eigenvalue weighted by molar-refractivity contribution is 5.67. The standard InChI is InChI=1S/C17H15N3O6/c21-12-5-1-3-10(7-12)4-2-6-15-18-17(26-19-15)11-8-13(20(24)25)16(23)14(22)9-11/h1,3,5,7-9,21-23H,2,4,6H2. The van der Waals surface area contributed by atoms with Crippen LogP contribution >= 0.6 is 0 Å². The Morgan fingerprint density at radius 3 is 2.65 bits per heavy atom. The molecule has 26 heavy (non-hydrogen) atoms. The van der Waals surface area contributed by atoms with Gasteiger partial charge in [-0.3, -0.25) is 10.1 Å². The number of benzene rings is 2.